The van der Waals surface area contributed by atoms with E-state index in [1.807, 2.05) is 6.07 Å². The first-order valence-corrected chi connectivity index (χ1v) is 14.3. The Kier molecular flexibility index (Phi) is 9.80. The number of fused-ring (bicyclic) bond motifs is 1. The van der Waals surface area contributed by atoms with E-state index in [1.54, 1.807) is 12.3 Å². The van der Waals surface area contributed by atoms with Gasteiger partial charge in [-0.15, -0.1) is 0 Å². The van der Waals surface area contributed by atoms with Crippen LogP contribution in [0, 0.1) is 0 Å². The smallest absolute Gasteiger partial charge is 0.243 e. The van der Waals surface area contributed by atoms with E-state index in [1.165, 1.54) is 20.3 Å². The van der Waals surface area contributed by atoms with E-state index < -0.39 is 0 Å². The number of carbonyl (C=O) groups is 1. The van der Waals surface area contributed by atoms with E-state index in [0.29, 0.717) is 88.4 Å². The summed E-state index contributed by atoms with van der Waals surface area (Å²) >= 11 is 13.5. The van der Waals surface area contributed by atoms with Gasteiger partial charge in [0.2, 0.25) is 11.9 Å². The van der Waals surface area contributed by atoms with Crippen molar-refractivity contribution in [3.05, 3.63) is 41.0 Å². The van der Waals surface area contributed by atoms with Gasteiger partial charge in [0.05, 0.1) is 68.5 Å². The molecule has 2 atom stereocenters. The van der Waals surface area contributed by atoms with Crippen LogP contribution in [0.4, 0.5) is 11.8 Å². The third-order valence-corrected chi connectivity index (χ3v) is 7.88. The Morgan fingerprint density at radius 3 is 2.50 bits per heavy atom. The summed E-state index contributed by atoms with van der Waals surface area (Å²) in [5.74, 6) is 1.45. The predicted molar refractivity (Wildman–Crippen MR) is 162 cm³/mol. The first-order chi connectivity index (χ1) is 20.4. The molecule has 0 saturated carbocycles. The molecule has 5 rings (SSSR count). The molecule has 2 aliphatic heterocycles. The molecule has 0 radical (unpaired) electrons. The third kappa shape index (κ3) is 6.63. The summed E-state index contributed by atoms with van der Waals surface area (Å²) < 4.78 is 22.0. The van der Waals surface area contributed by atoms with Crippen molar-refractivity contribution in [2.24, 2.45) is 0 Å². The summed E-state index contributed by atoms with van der Waals surface area (Å²) in [7, 11) is 3.05. The van der Waals surface area contributed by atoms with Gasteiger partial charge in [0.15, 0.2) is 5.82 Å². The van der Waals surface area contributed by atoms with Gasteiger partial charge in [-0.3, -0.25) is 9.69 Å². The van der Waals surface area contributed by atoms with Crippen molar-refractivity contribution in [2.75, 3.05) is 77.5 Å². The quantitative estimate of drug-likeness (QED) is 0.274. The highest BCUT2D eigenvalue weighted by molar-refractivity contribution is 6.41. The zero-order chi connectivity index (χ0) is 29.6. The van der Waals surface area contributed by atoms with E-state index in [2.05, 4.69) is 32.4 Å². The summed E-state index contributed by atoms with van der Waals surface area (Å²) in [4.78, 5) is 28.5. The van der Waals surface area contributed by atoms with Gasteiger partial charge < -0.3 is 34.9 Å². The number of aromatic nitrogens is 3. The van der Waals surface area contributed by atoms with E-state index in [-0.39, 0.29) is 18.0 Å². The molecule has 2 aromatic heterocycles. The van der Waals surface area contributed by atoms with Crippen LogP contribution in [0.1, 0.15) is 0 Å². The van der Waals surface area contributed by atoms with E-state index >= 15 is 0 Å². The Morgan fingerprint density at radius 1 is 1.10 bits per heavy atom. The van der Waals surface area contributed by atoms with Gasteiger partial charge in [0, 0.05) is 49.4 Å². The largest absolute Gasteiger partial charge is 0.495 e. The van der Waals surface area contributed by atoms with Crippen LogP contribution in [0.5, 0.6) is 11.5 Å². The van der Waals surface area contributed by atoms with Gasteiger partial charge in [0.1, 0.15) is 17.0 Å². The predicted octanol–water partition coefficient (Wildman–Crippen LogP) is 3.24. The number of halogens is 2. The van der Waals surface area contributed by atoms with Crippen LogP contribution in [-0.2, 0) is 14.3 Å². The zero-order valence-electron chi connectivity index (χ0n) is 23.4. The highest BCUT2D eigenvalue weighted by Gasteiger charge is 2.30. The number of morpholine rings is 1. The molecule has 2 aliphatic rings. The van der Waals surface area contributed by atoms with E-state index in [9.17, 15) is 4.79 Å². The fourth-order valence-electron chi connectivity index (χ4n) is 4.87. The lowest BCUT2D eigenvalue weighted by Crippen LogP contribution is -2.45. The lowest BCUT2D eigenvalue weighted by molar-refractivity contribution is -0.117. The molecule has 0 bridgehead atoms. The molecule has 1 amide bonds. The van der Waals surface area contributed by atoms with Crippen LogP contribution >= 0.6 is 23.2 Å². The number of anilines is 2. The van der Waals surface area contributed by atoms with Crippen LogP contribution in [0.2, 0.25) is 10.0 Å². The summed E-state index contributed by atoms with van der Waals surface area (Å²) in [6.45, 7) is 8.86. The second-order valence-corrected chi connectivity index (χ2v) is 10.5. The number of ether oxygens (including phenoxy) is 4. The molecule has 2 saturated heterocycles. The van der Waals surface area contributed by atoms with Crippen molar-refractivity contribution in [1.29, 1.82) is 0 Å². The molecular weight excluding hydrogens is 585 g/mol. The number of nitrogens with zero attached hydrogens (tertiary/aromatic N) is 4. The number of benzene rings is 1. The third-order valence-electron chi connectivity index (χ3n) is 7.13. The lowest BCUT2D eigenvalue weighted by Gasteiger charge is -2.26. The first-order valence-electron chi connectivity index (χ1n) is 13.5. The van der Waals surface area contributed by atoms with Gasteiger partial charge in [0.25, 0.3) is 0 Å². The molecule has 14 heteroatoms. The van der Waals surface area contributed by atoms with Crippen molar-refractivity contribution in [3.8, 4) is 22.8 Å². The molecule has 0 aliphatic carbocycles. The minimum Gasteiger partial charge on any atom is -0.495 e. The zero-order valence-corrected chi connectivity index (χ0v) is 24.9. The molecule has 0 spiro atoms. The molecule has 2 fully saturated rings. The molecule has 3 N–H and O–H groups in total. The number of carbonyl (C=O) groups excluding carboxylic acids is 1. The Bertz CT molecular complexity index is 1430. The summed E-state index contributed by atoms with van der Waals surface area (Å²) in [5.41, 5.74) is 1.58. The molecule has 12 nitrogen and oxygen atoms in total. The first kappa shape index (κ1) is 30.1. The average Bonchev–Trinajstić information content (AvgIpc) is 3.44. The fourth-order valence-corrected chi connectivity index (χ4v) is 5.57. The van der Waals surface area contributed by atoms with Crippen LogP contribution in [0.3, 0.4) is 0 Å². The topological polar surface area (TPSA) is 132 Å². The van der Waals surface area contributed by atoms with Crippen LogP contribution in [0.25, 0.3) is 22.2 Å². The SMILES string of the molecule is C=CC(=O)N[C@H]1COC[C@H]1Nc1ncc2cc(-c3c(Cl)c(OC)cc(OC)c3Cl)nc(NCCN3CCOCC3)c2n1. The number of pyridine rings is 1. The molecule has 3 aromatic rings. The number of amides is 1. The Morgan fingerprint density at radius 2 is 1.81 bits per heavy atom. The normalized spacial score (nSPS) is 19.0. The van der Waals surface area contributed by atoms with E-state index in [0.717, 1.165) is 19.6 Å². The maximum Gasteiger partial charge on any atom is 0.243 e. The van der Waals surface area contributed by atoms with Crippen LogP contribution in [0.15, 0.2) is 31.0 Å². The van der Waals surface area contributed by atoms with Crippen LogP contribution in [-0.4, -0.2) is 105 Å². The Balaban J connectivity index is 1.50. The minimum absolute atomic E-state index is 0.224. The highest BCUT2D eigenvalue weighted by atomic mass is 35.5. The summed E-state index contributed by atoms with van der Waals surface area (Å²) in [6.07, 6.45) is 2.94. The lowest BCUT2D eigenvalue weighted by atomic mass is 10.1. The summed E-state index contributed by atoms with van der Waals surface area (Å²) in [6, 6.07) is 2.98. The van der Waals surface area contributed by atoms with Crippen molar-refractivity contribution < 1.29 is 23.7 Å². The number of nitrogens with one attached hydrogen (secondary N) is 3. The maximum atomic E-state index is 11.9. The van der Waals surface area contributed by atoms with Gasteiger partial charge in [-0.1, -0.05) is 29.8 Å². The molecular formula is C28H33Cl2N7O5. The average molecular weight is 619 g/mol. The number of hydrogen-bond acceptors (Lipinski definition) is 11. The maximum absolute atomic E-state index is 11.9. The summed E-state index contributed by atoms with van der Waals surface area (Å²) in [5, 5.41) is 11.0. The monoisotopic (exact) mass is 617 g/mol. The Labute approximate surface area is 253 Å². The van der Waals surface area contributed by atoms with Gasteiger partial charge >= 0.3 is 0 Å². The number of hydrogen-bond donors (Lipinski definition) is 3. The van der Waals surface area contributed by atoms with Crippen molar-refractivity contribution >= 4 is 51.8 Å². The molecule has 1 aromatic carbocycles. The van der Waals surface area contributed by atoms with Crippen molar-refractivity contribution in [3.63, 3.8) is 0 Å². The minimum atomic E-state index is -0.272. The molecule has 0 unspecified atom stereocenters. The fraction of sp³-hybridized carbons (Fsp3) is 0.429. The van der Waals surface area contributed by atoms with Gasteiger partial charge in [-0.25, -0.2) is 15.0 Å². The Hall–Kier alpha value is -3.42. The van der Waals surface area contributed by atoms with Gasteiger partial charge in [-0.2, -0.15) is 0 Å². The molecule has 4 heterocycles. The molecule has 224 valence electrons. The number of rotatable bonds is 11. The van der Waals surface area contributed by atoms with Crippen molar-refractivity contribution in [1.82, 2.24) is 25.2 Å². The molecule has 42 heavy (non-hydrogen) atoms. The second kappa shape index (κ2) is 13.7. The highest BCUT2D eigenvalue weighted by Crippen LogP contribution is 2.46. The number of methoxy groups -OCH3 is 2. The van der Waals surface area contributed by atoms with Crippen LogP contribution < -0.4 is 25.4 Å². The van der Waals surface area contributed by atoms with E-state index in [4.69, 9.17) is 52.1 Å². The van der Waals surface area contributed by atoms with Crippen molar-refractivity contribution in [2.45, 2.75) is 12.1 Å². The second-order valence-electron chi connectivity index (χ2n) is 9.76. The standard InChI is InChI=1S/C28H33Cl2N7O5/c1-4-22(38)33-18-14-42-15-19(18)35-28-32-13-16-11-17(23-24(29)20(39-2)12-21(40-3)25(23)30)34-27(26(16)36-28)31-5-6-37-7-9-41-10-8-37/h4,11-13,18-19H,1,5-10,14-15H2,2-3H3,(H,31,34)(H,33,38)(H,32,35,36)/t18-,19+/m0/s1. The van der Waals surface area contributed by atoms with Gasteiger partial charge in [-0.05, 0) is 12.1 Å².